The van der Waals surface area contributed by atoms with Gasteiger partial charge in [-0.3, -0.25) is 4.79 Å². The summed E-state index contributed by atoms with van der Waals surface area (Å²) in [4.78, 5) is 11.8. The van der Waals surface area contributed by atoms with Gasteiger partial charge in [0.2, 0.25) is 5.92 Å². The lowest BCUT2D eigenvalue weighted by Gasteiger charge is -2.12. The summed E-state index contributed by atoms with van der Waals surface area (Å²) in [6.07, 6.45) is 1.77. The van der Waals surface area contributed by atoms with Gasteiger partial charge in [-0.25, -0.2) is 8.78 Å². The molecule has 2 atom stereocenters. The van der Waals surface area contributed by atoms with E-state index in [1.807, 2.05) is 0 Å². The fourth-order valence-corrected chi connectivity index (χ4v) is 3.71. The first kappa shape index (κ1) is 11.4. The first-order valence-corrected chi connectivity index (χ1v) is 6.70. The van der Waals surface area contributed by atoms with Crippen LogP contribution < -0.4 is 0 Å². The van der Waals surface area contributed by atoms with Crippen LogP contribution in [0.4, 0.5) is 8.78 Å². The second-order valence-electron chi connectivity index (χ2n) is 4.70. The summed E-state index contributed by atoms with van der Waals surface area (Å²) >= 11 is 1.80. The number of hydrogen-bond donors (Lipinski definition) is 0. The Labute approximate surface area is 93.0 Å². The molecule has 1 aliphatic heterocycles. The van der Waals surface area contributed by atoms with Crippen molar-refractivity contribution >= 4 is 17.5 Å². The minimum absolute atomic E-state index is 0.0234. The van der Waals surface area contributed by atoms with Gasteiger partial charge in [-0.1, -0.05) is 0 Å². The summed E-state index contributed by atoms with van der Waals surface area (Å²) < 4.78 is 25.8. The van der Waals surface area contributed by atoms with Gasteiger partial charge < -0.3 is 0 Å². The molecule has 2 aliphatic rings. The molecule has 0 aromatic rings. The van der Waals surface area contributed by atoms with Crippen molar-refractivity contribution < 1.29 is 13.6 Å². The molecule has 2 unspecified atom stereocenters. The van der Waals surface area contributed by atoms with E-state index in [9.17, 15) is 13.6 Å². The Morgan fingerprint density at radius 1 is 1.40 bits per heavy atom. The van der Waals surface area contributed by atoms with E-state index in [1.165, 1.54) is 0 Å². The monoisotopic (exact) mass is 234 g/mol. The van der Waals surface area contributed by atoms with Gasteiger partial charge in [0.15, 0.2) is 0 Å². The van der Waals surface area contributed by atoms with Crippen molar-refractivity contribution in [2.75, 3.05) is 11.5 Å². The maximum atomic E-state index is 12.9. The number of ketones is 1. The van der Waals surface area contributed by atoms with E-state index < -0.39 is 5.92 Å². The van der Waals surface area contributed by atoms with E-state index >= 15 is 0 Å². The summed E-state index contributed by atoms with van der Waals surface area (Å²) in [7, 11) is 0. The molecule has 2 rings (SSSR count). The molecular weight excluding hydrogens is 218 g/mol. The number of Topliss-reactive ketones (excluding diaryl/α,β-unsaturated/α-hetero) is 1. The van der Waals surface area contributed by atoms with E-state index in [-0.39, 0.29) is 30.5 Å². The lowest BCUT2D eigenvalue weighted by atomic mass is 9.93. The van der Waals surface area contributed by atoms with Crippen LogP contribution in [0.5, 0.6) is 0 Å². The van der Waals surface area contributed by atoms with Gasteiger partial charge in [-0.2, -0.15) is 11.8 Å². The minimum atomic E-state index is -2.50. The van der Waals surface area contributed by atoms with Crippen molar-refractivity contribution in [3.05, 3.63) is 0 Å². The molecule has 0 radical (unpaired) electrons. The standard InChI is InChI=1S/C11H16F2OS/c12-11(13)3-1-8(6-11)5-10(14)9-2-4-15-7-9/h8-9H,1-7H2. The lowest BCUT2D eigenvalue weighted by Crippen LogP contribution is -2.18. The Hall–Kier alpha value is -0.120. The molecular formula is C11H16F2OS. The predicted molar refractivity (Wildman–Crippen MR) is 57.3 cm³/mol. The molecule has 0 aromatic heterocycles. The van der Waals surface area contributed by atoms with Crippen LogP contribution in [-0.4, -0.2) is 23.2 Å². The number of hydrogen-bond acceptors (Lipinski definition) is 2. The molecule has 1 aliphatic carbocycles. The Morgan fingerprint density at radius 2 is 2.20 bits per heavy atom. The second kappa shape index (κ2) is 4.40. The zero-order valence-electron chi connectivity index (χ0n) is 8.68. The van der Waals surface area contributed by atoms with Crippen LogP contribution in [0.2, 0.25) is 0 Å². The molecule has 2 fully saturated rings. The molecule has 0 amide bonds. The normalized spacial score (nSPS) is 34.5. The van der Waals surface area contributed by atoms with Crippen LogP contribution in [0.3, 0.4) is 0 Å². The van der Waals surface area contributed by atoms with E-state index in [0.29, 0.717) is 12.8 Å². The maximum Gasteiger partial charge on any atom is 0.248 e. The second-order valence-corrected chi connectivity index (χ2v) is 5.85. The van der Waals surface area contributed by atoms with Crippen molar-refractivity contribution in [2.24, 2.45) is 11.8 Å². The van der Waals surface area contributed by atoms with Crippen molar-refractivity contribution in [1.82, 2.24) is 0 Å². The predicted octanol–water partition coefficient (Wildman–Crippen LogP) is 3.13. The molecule has 1 saturated carbocycles. The quantitative estimate of drug-likeness (QED) is 0.746. The first-order valence-electron chi connectivity index (χ1n) is 5.55. The van der Waals surface area contributed by atoms with Crippen molar-refractivity contribution in [3.63, 3.8) is 0 Å². The van der Waals surface area contributed by atoms with E-state index in [4.69, 9.17) is 0 Å². The lowest BCUT2D eigenvalue weighted by molar-refractivity contribution is -0.123. The fraction of sp³-hybridized carbons (Fsp3) is 0.909. The van der Waals surface area contributed by atoms with Gasteiger partial charge in [-0.05, 0) is 24.5 Å². The maximum absolute atomic E-state index is 12.9. The number of carbonyl (C=O) groups excluding carboxylic acids is 1. The largest absolute Gasteiger partial charge is 0.299 e. The van der Waals surface area contributed by atoms with Crippen molar-refractivity contribution in [1.29, 1.82) is 0 Å². The third-order valence-corrected chi connectivity index (χ3v) is 4.54. The van der Waals surface area contributed by atoms with E-state index in [1.54, 1.807) is 11.8 Å². The van der Waals surface area contributed by atoms with Crippen LogP contribution in [0, 0.1) is 11.8 Å². The third-order valence-electron chi connectivity index (χ3n) is 3.38. The zero-order valence-corrected chi connectivity index (χ0v) is 9.49. The highest BCUT2D eigenvalue weighted by Crippen LogP contribution is 2.41. The van der Waals surface area contributed by atoms with Crippen molar-refractivity contribution in [2.45, 2.75) is 38.0 Å². The van der Waals surface area contributed by atoms with Gasteiger partial charge in [0.1, 0.15) is 5.78 Å². The average Bonchev–Trinajstić information content (AvgIpc) is 2.74. The molecule has 0 spiro atoms. The SMILES string of the molecule is O=C(CC1CCC(F)(F)C1)C1CCSC1. The van der Waals surface area contributed by atoms with Gasteiger partial charge in [-0.15, -0.1) is 0 Å². The van der Waals surface area contributed by atoms with E-state index in [2.05, 4.69) is 0 Å². The van der Waals surface area contributed by atoms with Gasteiger partial charge >= 0.3 is 0 Å². The highest BCUT2D eigenvalue weighted by atomic mass is 32.2. The Morgan fingerprint density at radius 3 is 2.73 bits per heavy atom. The summed E-state index contributed by atoms with van der Waals surface area (Å²) in [5.41, 5.74) is 0. The number of alkyl halides is 2. The number of rotatable bonds is 3. The van der Waals surface area contributed by atoms with Crippen LogP contribution in [-0.2, 0) is 4.79 Å². The number of thioether (sulfide) groups is 1. The van der Waals surface area contributed by atoms with Gasteiger partial charge in [0.25, 0.3) is 0 Å². The molecule has 0 N–H and O–H groups in total. The van der Waals surface area contributed by atoms with Gasteiger partial charge in [0, 0.05) is 30.9 Å². The third kappa shape index (κ3) is 2.92. The zero-order chi connectivity index (χ0) is 10.9. The first-order chi connectivity index (χ1) is 7.07. The molecule has 1 heterocycles. The van der Waals surface area contributed by atoms with Crippen LogP contribution in [0.15, 0.2) is 0 Å². The average molecular weight is 234 g/mol. The molecule has 1 nitrogen and oxygen atoms in total. The Kier molecular flexibility index (Phi) is 3.33. The Bertz CT molecular complexity index is 249. The Balaban J connectivity index is 1.79. The number of carbonyl (C=O) groups is 1. The molecule has 1 saturated heterocycles. The molecule has 4 heteroatoms. The molecule has 0 bridgehead atoms. The smallest absolute Gasteiger partial charge is 0.248 e. The van der Waals surface area contributed by atoms with Gasteiger partial charge in [0.05, 0.1) is 0 Å². The highest BCUT2D eigenvalue weighted by Gasteiger charge is 2.40. The van der Waals surface area contributed by atoms with Crippen molar-refractivity contribution in [3.8, 4) is 0 Å². The molecule has 0 aromatic carbocycles. The molecule has 15 heavy (non-hydrogen) atoms. The minimum Gasteiger partial charge on any atom is -0.299 e. The summed E-state index contributed by atoms with van der Waals surface area (Å²) in [5.74, 6) is -0.223. The summed E-state index contributed by atoms with van der Waals surface area (Å²) in [6, 6.07) is 0. The fourth-order valence-electron chi connectivity index (χ4n) is 2.46. The summed E-state index contributed by atoms with van der Waals surface area (Å²) in [5, 5.41) is 0. The van der Waals surface area contributed by atoms with Crippen LogP contribution >= 0.6 is 11.8 Å². The highest BCUT2D eigenvalue weighted by molar-refractivity contribution is 7.99. The number of halogens is 2. The van der Waals surface area contributed by atoms with Crippen LogP contribution in [0.25, 0.3) is 0 Å². The van der Waals surface area contributed by atoms with E-state index in [0.717, 1.165) is 17.9 Å². The molecule has 86 valence electrons. The summed E-state index contributed by atoms with van der Waals surface area (Å²) in [6.45, 7) is 0. The van der Waals surface area contributed by atoms with Crippen LogP contribution in [0.1, 0.15) is 32.1 Å². The topological polar surface area (TPSA) is 17.1 Å².